The van der Waals surface area contributed by atoms with Crippen LogP contribution in [0.4, 0.5) is 5.69 Å². The average Bonchev–Trinajstić information content (AvgIpc) is 3.17. The van der Waals surface area contributed by atoms with Crippen molar-refractivity contribution in [1.82, 2.24) is 5.32 Å². The maximum absolute atomic E-state index is 11.9. The van der Waals surface area contributed by atoms with Crippen molar-refractivity contribution in [1.29, 1.82) is 0 Å². The molecular formula is C18H16N2O3S. The lowest BCUT2D eigenvalue weighted by Crippen LogP contribution is -2.22. The van der Waals surface area contributed by atoms with Gasteiger partial charge in [0.05, 0.1) is 5.92 Å². The van der Waals surface area contributed by atoms with Crippen LogP contribution in [0.15, 0.2) is 47.9 Å². The zero-order valence-electron chi connectivity index (χ0n) is 12.8. The Hall–Kier alpha value is -2.73. The molecule has 2 N–H and O–H groups in total. The molecule has 2 heterocycles. The lowest BCUT2D eigenvalue weighted by molar-refractivity contribution is -0.125. The molecule has 3 rings (SSSR count). The third kappa shape index (κ3) is 4.17. The van der Waals surface area contributed by atoms with Gasteiger partial charge in [0.1, 0.15) is 0 Å². The minimum Gasteiger partial charge on any atom is -0.323 e. The third-order valence-corrected chi connectivity index (χ3v) is 4.55. The van der Waals surface area contributed by atoms with Gasteiger partial charge in [-0.2, -0.15) is 0 Å². The van der Waals surface area contributed by atoms with Crippen LogP contribution in [0, 0.1) is 5.92 Å². The number of imide groups is 1. The number of hydrogen-bond acceptors (Lipinski definition) is 4. The van der Waals surface area contributed by atoms with Gasteiger partial charge in [0, 0.05) is 23.1 Å². The number of nitrogens with one attached hydrogen (secondary N) is 2. The molecule has 1 atom stereocenters. The molecule has 0 spiro atoms. The summed E-state index contributed by atoms with van der Waals surface area (Å²) in [5.74, 6) is -0.925. The Labute approximate surface area is 143 Å². The van der Waals surface area contributed by atoms with Crippen molar-refractivity contribution in [2.75, 3.05) is 5.32 Å². The van der Waals surface area contributed by atoms with Crippen molar-refractivity contribution in [3.8, 4) is 0 Å². The van der Waals surface area contributed by atoms with Crippen molar-refractivity contribution in [3.05, 3.63) is 58.3 Å². The zero-order valence-corrected chi connectivity index (χ0v) is 13.6. The molecule has 5 nitrogen and oxygen atoms in total. The van der Waals surface area contributed by atoms with E-state index in [1.54, 1.807) is 29.5 Å². The van der Waals surface area contributed by atoms with Crippen LogP contribution in [0.3, 0.4) is 0 Å². The van der Waals surface area contributed by atoms with E-state index in [-0.39, 0.29) is 30.1 Å². The Kier molecular flexibility index (Phi) is 4.86. The summed E-state index contributed by atoms with van der Waals surface area (Å²) in [5, 5.41) is 7.05. The van der Waals surface area contributed by atoms with E-state index in [1.807, 2.05) is 29.6 Å². The van der Waals surface area contributed by atoms with Crippen molar-refractivity contribution in [2.45, 2.75) is 12.8 Å². The number of hydrogen-bond donors (Lipinski definition) is 2. The second-order valence-corrected chi connectivity index (χ2v) is 6.53. The summed E-state index contributed by atoms with van der Waals surface area (Å²) in [6.07, 6.45) is 4.02. The first kappa shape index (κ1) is 16.1. The Morgan fingerprint density at radius 3 is 2.67 bits per heavy atom. The number of amides is 3. The minimum atomic E-state index is -0.299. The number of benzene rings is 1. The van der Waals surface area contributed by atoms with E-state index in [9.17, 15) is 14.4 Å². The quantitative estimate of drug-likeness (QED) is 0.649. The third-order valence-electron chi connectivity index (χ3n) is 3.71. The molecule has 0 bridgehead atoms. The van der Waals surface area contributed by atoms with Crippen LogP contribution >= 0.6 is 11.3 Å². The number of thiophene rings is 1. The molecule has 122 valence electrons. The van der Waals surface area contributed by atoms with Gasteiger partial charge in [0.25, 0.3) is 0 Å². The highest BCUT2D eigenvalue weighted by Crippen LogP contribution is 2.19. The Morgan fingerprint density at radius 2 is 2.04 bits per heavy atom. The molecule has 3 amide bonds. The molecule has 1 aromatic heterocycles. The molecule has 24 heavy (non-hydrogen) atoms. The van der Waals surface area contributed by atoms with Gasteiger partial charge in [0.2, 0.25) is 17.7 Å². The topological polar surface area (TPSA) is 75.3 Å². The minimum absolute atomic E-state index is 0.197. The van der Waals surface area contributed by atoms with Crippen LogP contribution in [-0.4, -0.2) is 17.7 Å². The Balaban J connectivity index is 1.55. The summed E-state index contributed by atoms with van der Waals surface area (Å²) < 4.78 is 0. The summed E-state index contributed by atoms with van der Waals surface area (Å²) in [6, 6.07) is 11.2. The monoisotopic (exact) mass is 340 g/mol. The van der Waals surface area contributed by atoms with Gasteiger partial charge < -0.3 is 5.32 Å². The maximum Gasteiger partial charge on any atom is 0.248 e. The fourth-order valence-electron chi connectivity index (χ4n) is 2.51. The summed E-state index contributed by atoms with van der Waals surface area (Å²) in [4.78, 5) is 35.7. The lowest BCUT2D eigenvalue weighted by atomic mass is 9.98. The van der Waals surface area contributed by atoms with E-state index in [0.29, 0.717) is 12.1 Å². The molecule has 1 unspecified atom stereocenters. The highest BCUT2D eigenvalue weighted by molar-refractivity contribution is 7.10. The van der Waals surface area contributed by atoms with Crippen LogP contribution in [0.5, 0.6) is 0 Å². The van der Waals surface area contributed by atoms with E-state index in [0.717, 1.165) is 10.4 Å². The second-order valence-electron chi connectivity index (χ2n) is 5.55. The first-order valence-corrected chi connectivity index (χ1v) is 8.43. The summed E-state index contributed by atoms with van der Waals surface area (Å²) in [7, 11) is 0. The van der Waals surface area contributed by atoms with Crippen LogP contribution < -0.4 is 10.6 Å². The molecule has 0 aliphatic carbocycles. The summed E-state index contributed by atoms with van der Waals surface area (Å²) in [6.45, 7) is 0. The van der Waals surface area contributed by atoms with Gasteiger partial charge in [-0.05, 0) is 41.6 Å². The van der Waals surface area contributed by atoms with Gasteiger partial charge in [-0.25, -0.2) is 0 Å². The fourth-order valence-corrected chi connectivity index (χ4v) is 3.13. The molecule has 0 radical (unpaired) electrons. The van der Waals surface area contributed by atoms with Crippen molar-refractivity contribution >= 4 is 40.8 Å². The van der Waals surface area contributed by atoms with E-state index < -0.39 is 0 Å². The second kappa shape index (κ2) is 7.23. The van der Waals surface area contributed by atoms with E-state index >= 15 is 0 Å². The predicted octanol–water partition coefficient (Wildman–Crippen LogP) is 2.61. The highest BCUT2D eigenvalue weighted by atomic mass is 32.1. The standard InChI is InChI=1S/C18H16N2O3S/c21-16(8-7-15-2-1-9-24-15)19-14-5-3-12(4-6-14)10-13-11-17(22)20-18(13)23/h1-9,13H,10-11H2,(H,19,21)(H,20,22,23)/b8-7+. The normalized spacial score (nSPS) is 17.2. The number of rotatable bonds is 5. The fraction of sp³-hybridized carbons (Fsp3) is 0.167. The van der Waals surface area contributed by atoms with Gasteiger partial charge in [-0.15, -0.1) is 11.3 Å². The van der Waals surface area contributed by atoms with Crippen LogP contribution in [0.2, 0.25) is 0 Å². The molecule has 1 aliphatic rings. The first-order valence-electron chi connectivity index (χ1n) is 7.55. The van der Waals surface area contributed by atoms with Crippen molar-refractivity contribution < 1.29 is 14.4 Å². The molecule has 0 saturated carbocycles. The Bertz CT molecular complexity index is 779. The molecule has 2 aromatic rings. The smallest absolute Gasteiger partial charge is 0.248 e. The van der Waals surface area contributed by atoms with Crippen molar-refractivity contribution in [2.24, 2.45) is 5.92 Å². The van der Waals surface area contributed by atoms with Crippen LogP contribution in [0.25, 0.3) is 6.08 Å². The Morgan fingerprint density at radius 1 is 1.25 bits per heavy atom. The van der Waals surface area contributed by atoms with Gasteiger partial charge in [0.15, 0.2) is 0 Å². The maximum atomic E-state index is 11.9. The molecule has 6 heteroatoms. The molecular weight excluding hydrogens is 324 g/mol. The van der Waals surface area contributed by atoms with E-state index in [2.05, 4.69) is 10.6 Å². The number of carbonyl (C=O) groups is 3. The number of anilines is 1. The largest absolute Gasteiger partial charge is 0.323 e. The summed E-state index contributed by atoms with van der Waals surface area (Å²) >= 11 is 1.57. The highest BCUT2D eigenvalue weighted by Gasteiger charge is 2.30. The van der Waals surface area contributed by atoms with Gasteiger partial charge in [-0.3, -0.25) is 19.7 Å². The van der Waals surface area contributed by atoms with E-state index in [1.165, 1.54) is 6.08 Å². The van der Waals surface area contributed by atoms with Gasteiger partial charge in [-0.1, -0.05) is 18.2 Å². The van der Waals surface area contributed by atoms with Crippen LogP contribution in [0.1, 0.15) is 16.9 Å². The SMILES string of the molecule is O=C(/C=C/c1cccs1)Nc1ccc(CC2CC(=O)NC2=O)cc1. The molecule has 1 fully saturated rings. The van der Waals surface area contributed by atoms with Gasteiger partial charge >= 0.3 is 0 Å². The molecule has 1 saturated heterocycles. The molecule has 1 aliphatic heterocycles. The molecule has 1 aromatic carbocycles. The zero-order chi connectivity index (χ0) is 16.9. The van der Waals surface area contributed by atoms with E-state index in [4.69, 9.17) is 0 Å². The number of carbonyl (C=O) groups excluding carboxylic acids is 3. The van der Waals surface area contributed by atoms with Crippen LogP contribution in [-0.2, 0) is 20.8 Å². The van der Waals surface area contributed by atoms with Crippen molar-refractivity contribution in [3.63, 3.8) is 0 Å². The lowest BCUT2D eigenvalue weighted by Gasteiger charge is -2.07. The summed E-state index contributed by atoms with van der Waals surface area (Å²) in [5.41, 5.74) is 1.64. The average molecular weight is 340 g/mol. The predicted molar refractivity (Wildman–Crippen MR) is 93.4 cm³/mol. The first-order chi connectivity index (χ1) is 11.6.